The molecule has 1 saturated carbocycles. The zero-order chi connectivity index (χ0) is 8.89. The van der Waals surface area contributed by atoms with Crippen LogP contribution in [-0.2, 0) is 11.8 Å². The molecule has 1 aromatic carbocycles. The third kappa shape index (κ3) is 1.03. The van der Waals surface area contributed by atoms with Gasteiger partial charge in [-0.25, -0.2) is 0 Å². The number of fused-ring (bicyclic) bond motifs is 2. The van der Waals surface area contributed by atoms with E-state index in [0.29, 0.717) is 5.41 Å². The Morgan fingerprint density at radius 1 is 1.15 bits per heavy atom. The van der Waals surface area contributed by atoms with Crippen LogP contribution in [0, 0.1) is 0 Å². The molecule has 0 N–H and O–H groups in total. The van der Waals surface area contributed by atoms with Crippen LogP contribution in [0.4, 0.5) is 0 Å². The fourth-order valence-corrected chi connectivity index (χ4v) is 3.33. The lowest BCUT2D eigenvalue weighted by Gasteiger charge is -2.39. The number of benzene rings is 1. The van der Waals surface area contributed by atoms with E-state index in [2.05, 4.69) is 34.1 Å². The predicted molar refractivity (Wildman–Crippen MR) is 58.0 cm³/mol. The van der Waals surface area contributed by atoms with Crippen LogP contribution in [0.25, 0.3) is 0 Å². The summed E-state index contributed by atoms with van der Waals surface area (Å²) in [6.07, 6.45) is 7.01. The van der Waals surface area contributed by atoms with Gasteiger partial charge < -0.3 is 0 Å². The van der Waals surface area contributed by atoms with Crippen molar-refractivity contribution in [3.63, 3.8) is 0 Å². The van der Waals surface area contributed by atoms with Crippen molar-refractivity contribution in [1.29, 1.82) is 0 Å². The van der Waals surface area contributed by atoms with Gasteiger partial charge in [0.1, 0.15) is 0 Å². The Bertz CT molecular complexity index is 350. The topological polar surface area (TPSA) is 0 Å². The fraction of sp³-hybridized carbons (Fsp3) is 0.500. The highest BCUT2D eigenvalue weighted by atomic mass is 79.9. The Labute approximate surface area is 87.5 Å². The summed E-state index contributed by atoms with van der Waals surface area (Å²) in [4.78, 5) is 0. The smallest absolute Gasteiger partial charge is 0.0178 e. The minimum absolute atomic E-state index is 0.621. The van der Waals surface area contributed by atoms with Gasteiger partial charge in [-0.3, -0.25) is 0 Å². The summed E-state index contributed by atoms with van der Waals surface area (Å²) in [5.74, 6) is 0. The fourth-order valence-electron chi connectivity index (χ4n) is 2.92. The molecule has 0 aromatic heterocycles. The standard InChI is InChI=1S/C12H13Br/c13-10-2-3-11-9(8-10)4-7-12(11)5-1-6-12/h2-3,8H,1,4-7H2. The third-order valence-corrected chi connectivity index (χ3v) is 4.32. The molecule has 0 amide bonds. The Morgan fingerprint density at radius 2 is 2.00 bits per heavy atom. The number of aryl methyl sites for hydroxylation is 1. The normalized spacial score (nSPS) is 22.8. The highest BCUT2D eigenvalue weighted by Gasteiger charge is 2.43. The molecular formula is C12H13Br. The van der Waals surface area contributed by atoms with Gasteiger partial charge >= 0.3 is 0 Å². The molecule has 13 heavy (non-hydrogen) atoms. The molecule has 3 rings (SSSR count). The van der Waals surface area contributed by atoms with Crippen molar-refractivity contribution in [3.05, 3.63) is 33.8 Å². The zero-order valence-corrected chi connectivity index (χ0v) is 9.23. The summed E-state index contributed by atoms with van der Waals surface area (Å²) in [5, 5.41) is 0. The molecule has 68 valence electrons. The maximum absolute atomic E-state index is 3.54. The van der Waals surface area contributed by atoms with Crippen molar-refractivity contribution in [2.24, 2.45) is 0 Å². The summed E-state index contributed by atoms with van der Waals surface area (Å²) >= 11 is 3.54. The van der Waals surface area contributed by atoms with Crippen molar-refractivity contribution >= 4 is 15.9 Å². The van der Waals surface area contributed by atoms with Gasteiger partial charge in [0.2, 0.25) is 0 Å². The summed E-state index contributed by atoms with van der Waals surface area (Å²) < 4.78 is 1.24. The first-order valence-electron chi connectivity index (χ1n) is 5.09. The molecule has 0 nitrogen and oxygen atoms in total. The van der Waals surface area contributed by atoms with Gasteiger partial charge in [0, 0.05) is 4.47 Å². The summed E-state index contributed by atoms with van der Waals surface area (Å²) in [5.41, 5.74) is 3.87. The quantitative estimate of drug-likeness (QED) is 0.643. The van der Waals surface area contributed by atoms with Crippen LogP contribution in [0.2, 0.25) is 0 Å². The van der Waals surface area contributed by atoms with Gasteiger partial charge in [-0.05, 0) is 54.4 Å². The molecule has 1 spiro atoms. The predicted octanol–water partition coefficient (Wildman–Crippen LogP) is 3.82. The van der Waals surface area contributed by atoms with E-state index < -0.39 is 0 Å². The van der Waals surface area contributed by atoms with Crippen LogP contribution >= 0.6 is 15.9 Å². The average Bonchev–Trinajstić information content (AvgIpc) is 2.41. The largest absolute Gasteiger partial charge is 0.0571 e. The monoisotopic (exact) mass is 236 g/mol. The van der Waals surface area contributed by atoms with Crippen molar-refractivity contribution in [2.45, 2.75) is 37.5 Å². The third-order valence-electron chi connectivity index (χ3n) is 3.82. The van der Waals surface area contributed by atoms with E-state index in [1.165, 1.54) is 36.6 Å². The first-order chi connectivity index (χ1) is 6.30. The Hall–Kier alpha value is -0.300. The van der Waals surface area contributed by atoms with Gasteiger partial charge in [-0.2, -0.15) is 0 Å². The van der Waals surface area contributed by atoms with Gasteiger partial charge in [-0.1, -0.05) is 28.4 Å². The van der Waals surface area contributed by atoms with Gasteiger partial charge in [0.05, 0.1) is 0 Å². The average molecular weight is 237 g/mol. The van der Waals surface area contributed by atoms with E-state index in [0.717, 1.165) is 0 Å². The Balaban J connectivity index is 2.11. The summed E-state index contributed by atoms with van der Waals surface area (Å²) in [7, 11) is 0. The maximum Gasteiger partial charge on any atom is 0.0178 e. The molecule has 0 heterocycles. The van der Waals surface area contributed by atoms with E-state index in [1.807, 2.05) is 0 Å². The van der Waals surface area contributed by atoms with E-state index in [-0.39, 0.29) is 0 Å². The zero-order valence-electron chi connectivity index (χ0n) is 7.65. The van der Waals surface area contributed by atoms with E-state index in [9.17, 15) is 0 Å². The van der Waals surface area contributed by atoms with Crippen LogP contribution in [0.3, 0.4) is 0 Å². The first kappa shape index (κ1) is 8.05. The minimum atomic E-state index is 0.621. The second kappa shape index (κ2) is 2.60. The molecule has 0 unspecified atom stereocenters. The lowest BCUT2D eigenvalue weighted by molar-refractivity contribution is 0.244. The van der Waals surface area contributed by atoms with Crippen molar-refractivity contribution < 1.29 is 0 Å². The number of rotatable bonds is 0. The molecule has 1 aromatic rings. The van der Waals surface area contributed by atoms with E-state index >= 15 is 0 Å². The highest BCUT2D eigenvalue weighted by molar-refractivity contribution is 9.10. The summed E-state index contributed by atoms with van der Waals surface area (Å²) in [6, 6.07) is 6.85. The van der Waals surface area contributed by atoms with Gasteiger partial charge in [0.15, 0.2) is 0 Å². The van der Waals surface area contributed by atoms with Gasteiger partial charge in [0.25, 0.3) is 0 Å². The minimum Gasteiger partial charge on any atom is -0.0571 e. The number of hydrogen-bond acceptors (Lipinski definition) is 0. The van der Waals surface area contributed by atoms with Gasteiger partial charge in [-0.15, -0.1) is 0 Å². The number of hydrogen-bond donors (Lipinski definition) is 0. The molecule has 1 fully saturated rings. The second-order valence-corrected chi connectivity index (χ2v) is 5.35. The maximum atomic E-state index is 3.54. The van der Waals surface area contributed by atoms with Crippen LogP contribution in [0.15, 0.2) is 22.7 Å². The van der Waals surface area contributed by atoms with Crippen molar-refractivity contribution in [2.75, 3.05) is 0 Å². The van der Waals surface area contributed by atoms with Crippen molar-refractivity contribution in [3.8, 4) is 0 Å². The SMILES string of the molecule is Brc1ccc2c(c1)CCC21CCC1. The first-order valence-corrected chi connectivity index (χ1v) is 5.88. The molecule has 0 radical (unpaired) electrons. The van der Waals surface area contributed by atoms with Crippen LogP contribution < -0.4 is 0 Å². The lowest BCUT2D eigenvalue weighted by atomic mass is 9.65. The molecule has 0 bridgehead atoms. The molecule has 1 heteroatoms. The lowest BCUT2D eigenvalue weighted by Crippen LogP contribution is -2.31. The van der Waals surface area contributed by atoms with Crippen LogP contribution in [0.5, 0.6) is 0 Å². The molecule has 2 aliphatic rings. The van der Waals surface area contributed by atoms with Crippen molar-refractivity contribution in [1.82, 2.24) is 0 Å². The second-order valence-electron chi connectivity index (χ2n) is 4.44. The molecule has 0 aliphatic heterocycles. The molecule has 2 aliphatic carbocycles. The summed E-state index contributed by atoms with van der Waals surface area (Å²) in [6.45, 7) is 0. The Morgan fingerprint density at radius 3 is 2.69 bits per heavy atom. The van der Waals surface area contributed by atoms with Crippen LogP contribution in [0.1, 0.15) is 36.8 Å². The van der Waals surface area contributed by atoms with Crippen LogP contribution in [-0.4, -0.2) is 0 Å². The highest BCUT2D eigenvalue weighted by Crippen LogP contribution is 2.52. The molecule has 0 saturated heterocycles. The van der Waals surface area contributed by atoms with E-state index in [4.69, 9.17) is 0 Å². The van der Waals surface area contributed by atoms with E-state index in [1.54, 1.807) is 11.1 Å². The Kier molecular flexibility index (Phi) is 1.61. The molecular weight excluding hydrogens is 224 g/mol. The number of halogens is 1. The molecule has 0 atom stereocenters.